The van der Waals surface area contributed by atoms with Gasteiger partial charge >= 0.3 is 5.97 Å². The van der Waals surface area contributed by atoms with Gasteiger partial charge in [-0.3, -0.25) is 25.2 Å². The molecule has 0 bridgehead atoms. The molecule has 28 heavy (non-hydrogen) atoms. The van der Waals surface area contributed by atoms with Gasteiger partial charge in [0.15, 0.2) is 18.1 Å². The number of hydrogen-bond donors (Lipinski definition) is 2. The van der Waals surface area contributed by atoms with E-state index in [4.69, 9.17) is 14.2 Å². The minimum Gasteiger partial charge on any atom is -0.493 e. The van der Waals surface area contributed by atoms with Crippen molar-refractivity contribution < 1.29 is 33.4 Å². The van der Waals surface area contributed by atoms with Gasteiger partial charge in [-0.2, -0.15) is 5.10 Å². The second-order valence-electron chi connectivity index (χ2n) is 5.61. The van der Waals surface area contributed by atoms with Gasteiger partial charge in [-0.25, -0.2) is 9.80 Å². The molecule has 0 spiro atoms. The molecule has 0 radical (unpaired) electrons. The minimum atomic E-state index is -0.805. The third kappa shape index (κ3) is 5.19. The van der Waals surface area contributed by atoms with Crippen LogP contribution in [0.5, 0.6) is 11.5 Å². The van der Waals surface area contributed by atoms with Crippen LogP contribution in [0.15, 0.2) is 23.3 Å². The lowest BCUT2D eigenvalue weighted by atomic mass is 10.2. The van der Waals surface area contributed by atoms with Crippen LogP contribution in [0.2, 0.25) is 0 Å². The van der Waals surface area contributed by atoms with E-state index in [2.05, 4.69) is 16.0 Å². The van der Waals surface area contributed by atoms with Crippen molar-refractivity contribution in [2.45, 2.75) is 12.8 Å². The number of esters is 1. The van der Waals surface area contributed by atoms with Gasteiger partial charge in [0.05, 0.1) is 14.2 Å². The van der Waals surface area contributed by atoms with Gasteiger partial charge in [-0.1, -0.05) is 0 Å². The topological polar surface area (TPSA) is 136 Å². The number of benzene rings is 1. The van der Waals surface area contributed by atoms with Crippen LogP contribution in [-0.2, 0) is 19.1 Å². The zero-order valence-electron chi connectivity index (χ0n) is 15.6. The molecule has 0 fully saturated rings. The van der Waals surface area contributed by atoms with Gasteiger partial charge < -0.3 is 14.2 Å². The Labute approximate surface area is 160 Å². The predicted molar refractivity (Wildman–Crippen MR) is 95.6 cm³/mol. The third-order valence-corrected chi connectivity index (χ3v) is 3.74. The van der Waals surface area contributed by atoms with E-state index < -0.39 is 24.4 Å². The lowest BCUT2D eigenvalue weighted by Gasteiger charge is -2.18. The average molecular weight is 392 g/mol. The third-order valence-electron chi connectivity index (χ3n) is 3.74. The monoisotopic (exact) mass is 392 g/mol. The molecule has 150 valence electrons. The fourth-order valence-corrected chi connectivity index (χ4v) is 2.24. The average Bonchev–Trinajstić information content (AvgIpc) is 2.71. The first-order chi connectivity index (χ1) is 13.3. The molecule has 3 amide bonds. The van der Waals surface area contributed by atoms with E-state index in [0.29, 0.717) is 11.5 Å². The number of hydrazone groups is 1. The van der Waals surface area contributed by atoms with Crippen molar-refractivity contribution in [2.24, 2.45) is 5.10 Å². The van der Waals surface area contributed by atoms with Gasteiger partial charge in [0, 0.05) is 25.5 Å². The summed E-state index contributed by atoms with van der Waals surface area (Å²) in [4.78, 5) is 47.0. The number of hydrogen-bond acceptors (Lipinski definition) is 8. The smallest absolute Gasteiger partial charge is 0.355 e. The molecular weight excluding hydrogens is 372 g/mol. The maximum Gasteiger partial charge on any atom is 0.355 e. The lowest BCUT2D eigenvalue weighted by molar-refractivity contribution is -0.142. The van der Waals surface area contributed by atoms with Crippen LogP contribution in [0.1, 0.15) is 23.2 Å². The molecule has 2 N–H and O–H groups in total. The van der Waals surface area contributed by atoms with Crippen LogP contribution in [0.4, 0.5) is 0 Å². The molecule has 1 aliphatic heterocycles. The minimum absolute atomic E-state index is 0.0456. The molecule has 1 aromatic carbocycles. The van der Waals surface area contributed by atoms with Crippen LogP contribution in [0.3, 0.4) is 0 Å². The molecule has 0 aromatic heterocycles. The van der Waals surface area contributed by atoms with E-state index in [-0.39, 0.29) is 30.0 Å². The number of rotatable bonds is 6. The van der Waals surface area contributed by atoms with E-state index in [1.54, 1.807) is 6.07 Å². The SMILES string of the molecule is COc1ccc(C(=O)NNC(=O)COC(=O)C2=NN(C)C(=O)CC2)cc1OC. The number of nitrogens with one attached hydrogen (secondary N) is 2. The highest BCUT2D eigenvalue weighted by atomic mass is 16.5. The van der Waals surface area contributed by atoms with Crippen molar-refractivity contribution in [1.29, 1.82) is 0 Å². The van der Waals surface area contributed by atoms with Crippen LogP contribution >= 0.6 is 0 Å². The maximum atomic E-state index is 12.1. The summed E-state index contributed by atoms with van der Waals surface area (Å²) in [7, 11) is 4.32. The van der Waals surface area contributed by atoms with E-state index in [1.165, 1.54) is 33.4 Å². The summed E-state index contributed by atoms with van der Waals surface area (Å²) in [5, 5.41) is 4.83. The molecule has 0 saturated carbocycles. The summed E-state index contributed by atoms with van der Waals surface area (Å²) in [6, 6.07) is 4.48. The zero-order valence-corrected chi connectivity index (χ0v) is 15.6. The number of nitrogens with zero attached hydrogens (tertiary/aromatic N) is 2. The summed E-state index contributed by atoms with van der Waals surface area (Å²) < 4.78 is 15.0. The fourth-order valence-electron chi connectivity index (χ4n) is 2.24. The number of methoxy groups -OCH3 is 2. The Kier molecular flexibility index (Phi) is 6.90. The van der Waals surface area contributed by atoms with Crippen molar-refractivity contribution >= 4 is 29.4 Å². The number of carbonyl (C=O) groups excluding carboxylic acids is 4. The predicted octanol–water partition coefficient (Wildman–Crippen LogP) is -0.384. The highest BCUT2D eigenvalue weighted by molar-refractivity contribution is 6.37. The Morgan fingerprint density at radius 2 is 1.82 bits per heavy atom. The Bertz CT molecular complexity index is 822. The van der Waals surface area contributed by atoms with Crippen molar-refractivity contribution in [3.63, 3.8) is 0 Å². The van der Waals surface area contributed by atoms with E-state index >= 15 is 0 Å². The Morgan fingerprint density at radius 3 is 2.46 bits per heavy atom. The van der Waals surface area contributed by atoms with Gasteiger partial charge in [0.2, 0.25) is 5.91 Å². The highest BCUT2D eigenvalue weighted by Crippen LogP contribution is 2.27. The second kappa shape index (κ2) is 9.35. The maximum absolute atomic E-state index is 12.1. The Morgan fingerprint density at radius 1 is 1.11 bits per heavy atom. The van der Waals surface area contributed by atoms with Crippen LogP contribution in [0, 0.1) is 0 Å². The van der Waals surface area contributed by atoms with Gasteiger partial charge in [0.25, 0.3) is 11.8 Å². The lowest BCUT2D eigenvalue weighted by Crippen LogP contribution is -2.44. The van der Waals surface area contributed by atoms with Crippen LogP contribution in [-0.4, -0.2) is 62.3 Å². The molecule has 1 heterocycles. The summed E-state index contributed by atoms with van der Waals surface area (Å²) in [5.74, 6) is -1.56. The van der Waals surface area contributed by atoms with Gasteiger partial charge in [-0.15, -0.1) is 0 Å². The fraction of sp³-hybridized carbons (Fsp3) is 0.353. The second-order valence-corrected chi connectivity index (χ2v) is 5.61. The summed E-state index contributed by atoms with van der Waals surface area (Å²) >= 11 is 0. The molecule has 1 aliphatic rings. The number of amides is 3. The summed E-state index contributed by atoms with van der Waals surface area (Å²) in [6.07, 6.45) is 0.275. The number of hydrazine groups is 1. The molecule has 1 aromatic rings. The number of carbonyl (C=O) groups is 4. The molecular formula is C17H20N4O7. The first-order valence-corrected chi connectivity index (χ1v) is 8.18. The first kappa shape index (κ1) is 20.7. The van der Waals surface area contributed by atoms with E-state index in [1.807, 2.05) is 0 Å². The van der Waals surface area contributed by atoms with E-state index in [0.717, 1.165) is 5.01 Å². The standard InChI is InChI=1S/C17H20N4O7/c1-21-15(23)7-5-11(20-21)17(25)28-9-14(22)18-19-16(24)10-4-6-12(26-2)13(8-10)27-3/h4,6,8H,5,7,9H2,1-3H3,(H,18,22)(H,19,24). The van der Waals surface area contributed by atoms with Gasteiger partial charge in [-0.05, 0) is 18.2 Å². The normalized spacial score (nSPS) is 13.3. The largest absolute Gasteiger partial charge is 0.493 e. The highest BCUT2D eigenvalue weighted by Gasteiger charge is 2.23. The molecule has 0 unspecified atom stereocenters. The molecule has 0 atom stereocenters. The molecule has 11 nitrogen and oxygen atoms in total. The van der Waals surface area contributed by atoms with Crippen molar-refractivity contribution in [3.8, 4) is 11.5 Å². The van der Waals surface area contributed by atoms with Crippen molar-refractivity contribution in [1.82, 2.24) is 15.9 Å². The molecule has 2 rings (SSSR count). The van der Waals surface area contributed by atoms with Crippen molar-refractivity contribution in [3.05, 3.63) is 23.8 Å². The zero-order chi connectivity index (χ0) is 20.7. The molecule has 0 aliphatic carbocycles. The first-order valence-electron chi connectivity index (χ1n) is 8.18. The Hall–Kier alpha value is -3.63. The summed E-state index contributed by atoms with van der Waals surface area (Å²) in [6.45, 7) is -0.623. The summed E-state index contributed by atoms with van der Waals surface area (Å²) in [5.41, 5.74) is 4.59. The van der Waals surface area contributed by atoms with Crippen LogP contribution < -0.4 is 20.3 Å². The van der Waals surface area contributed by atoms with Crippen LogP contribution in [0.25, 0.3) is 0 Å². The quantitative estimate of drug-likeness (QED) is 0.497. The molecule has 11 heteroatoms. The van der Waals surface area contributed by atoms with E-state index in [9.17, 15) is 19.2 Å². The van der Waals surface area contributed by atoms with Crippen molar-refractivity contribution in [2.75, 3.05) is 27.9 Å². The molecule has 0 saturated heterocycles. The number of ether oxygens (including phenoxy) is 3. The van der Waals surface area contributed by atoms with Gasteiger partial charge in [0.1, 0.15) is 5.71 Å². The Balaban J connectivity index is 1.82.